The summed E-state index contributed by atoms with van der Waals surface area (Å²) in [6.07, 6.45) is -7.79. The van der Waals surface area contributed by atoms with Crippen molar-refractivity contribution < 1.29 is 54.9 Å². The molecule has 0 saturated heterocycles. The highest BCUT2D eigenvalue weighted by molar-refractivity contribution is 6.00. The van der Waals surface area contributed by atoms with Gasteiger partial charge in [-0.3, -0.25) is 14.6 Å². The Morgan fingerprint density at radius 3 is 2.48 bits per heavy atom. The van der Waals surface area contributed by atoms with Crippen LogP contribution in [0.2, 0.25) is 0 Å². The highest BCUT2D eigenvalue weighted by Crippen LogP contribution is 2.48. The van der Waals surface area contributed by atoms with Crippen LogP contribution in [-0.4, -0.2) is 52.3 Å². The Labute approximate surface area is 266 Å². The molecule has 48 heavy (non-hydrogen) atoms. The first-order valence-electron chi connectivity index (χ1n) is 14.4. The second-order valence-corrected chi connectivity index (χ2v) is 11.8. The van der Waals surface area contributed by atoms with Crippen molar-refractivity contribution in [1.29, 1.82) is 0 Å². The monoisotopic (exact) mass is 678 g/mol. The number of nitrogens with two attached hydrogens (primary N) is 1. The van der Waals surface area contributed by atoms with E-state index in [4.69, 9.17) is 15.2 Å². The number of primary amides is 1. The maximum Gasteiger partial charge on any atom is 0.424 e. The number of benzene rings is 2. The third kappa shape index (κ3) is 5.73. The lowest BCUT2D eigenvalue weighted by atomic mass is 9.81. The molecule has 2 aromatic carbocycles. The lowest BCUT2D eigenvalue weighted by Gasteiger charge is -2.31. The van der Waals surface area contributed by atoms with Crippen LogP contribution in [0.3, 0.4) is 0 Å². The third-order valence-corrected chi connectivity index (χ3v) is 8.31. The van der Waals surface area contributed by atoms with Gasteiger partial charge in [0.05, 0.1) is 23.9 Å². The van der Waals surface area contributed by atoms with Gasteiger partial charge in [0.25, 0.3) is 5.91 Å². The smallest absolute Gasteiger partial charge is 0.424 e. The van der Waals surface area contributed by atoms with Crippen LogP contribution in [0.5, 0.6) is 11.5 Å². The second kappa shape index (κ2) is 11.3. The molecule has 3 heterocycles. The fourth-order valence-electron chi connectivity index (χ4n) is 5.28. The lowest BCUT2D eigenvalue weighted by molar-refractivity contribution is -0.265. The third-order valence-electron chi connectivity index (χ3n) is 8.31. The first-order valence-corrected chi connectivity index (χ1v) is 14.4. The molecule has 2 atom stereocenters. The Balaban J connectivity index is 1.44. The number of aromatic nitrogens is 2. The number of hydrogen-bond acceptors (Lipinski definition) is 7. The highest BCUT2D eigenvalue weighted by Gasteiger charge is 2.58. The predicted octanol–water partition coefficient (Wildman–Crippen LogP) is 5.31. The van der Waals surface area contributed by atoms with Crippen molar-refractivity contribution in [1.82, 2.24) is 15.3 Å². The fourth-order valence-corrected chi connectivity index (χ4v) is 5.28. The van der Waals surface area contributed by atoms with E-state index in [1.54, 1.807) is 12.1 Å². The molecular weight excluding hydrogens is 653 g/mol. The summed E-state index contributed by atoms with van der Waals surface area (Å²) in [7, 11) is 0. The van der Waals surface area contributed by atoms with Gasteiger partial charge < -0.3 is 25.6 Å². The summed E-state index contributed by atoms with van der Waals surface area (Å²) in [6.45, 7) is -0.812. The van der Waals surface area contributed by atoms with Crippen LogP contribution in [0.15, 0.2) is 54.7 Å². The average molecular weight is 679 g/mol. The summed E-state index contributed by atoms with van der Waals surface area (Å²) in [6, 6.07) is 8.18. The van der Waals surface area contributed by atoms with E-state index in [1.165, 1.54) is 25.3 Å². The van der Waals surface area contributed by atoms with Crippen LogP contribution >= 0.6 is 0 Å². The maximum atomic E-state index is 14.8. The minimum absolute atomic E-state index is 0.104. The van der Waals surface area contributed by atoms with Crippen molar-refractivity contribution in [2.24, 2.45) is 5.73 Å². The maximum absolute atomic E-state index is 14.8. The van der Waals surface area contributed by atoms with E-state index in [0.717, 1.165) is 18.9 Å². The van der Waals surface area contributed by atoms with E-state index in [1.807, 2.05) is 0 Å². The minimum Gasteiger partial charge on any atom is -0.489 e. The predicted molar refractivity (Wildman–Crippen MR) is 154 cm³/mol. The molecule has 1 aliphatic carbocycles. The summed E-state index contributed by atoms with van der Waals surface area (Å²) < 4.78 is 111. The molecular formula is C32H25F7N4O5. The number of halogens is 7. The lowest BCUT2D eigenvalue weighted by Crippen LogP contribution is -2.51. The normalized spacial score (nSPS) is 18.9. The van der Waals surface area contributed by atoms with Crippen molar-refractivity contribution in [2.75, 3.05) is 13.2 Å². The van der Waals surface area contributed by atoms with E-state index in [0.29, 0.717) is 29.1 Å². The van der Waals surface area contributed by atoms with E-state index >= 15 is 0 Å². The topological polar surface area (TPSA) is 137 Å². The molecule has 1 saturated carbocycles. The zero-order valence-electron chi connectivity index (χ0n) is 24.8. The van der Waals surface area contributed by atoms with Crippen LogP contribution in [0, 0.1) is 5.82 Å². The van der Waals surface area contributed by atoms with Gasteiger partial charge in [0, 0.05) is 28.3 Å². The van der Waals surface area contributed by atoms with E-state index in [2.05, 4.69) is 15.3 Å². The highest BCUT2D eigenvalue weighted by atomic mass is 19.4. The Kier molecular flexibility index (Phi) is 7.76. The molecule has 1 fully saturated rings. The van der Waals surface area contributed by atoms with E-state index in [9.17, 15) is 45.4 Å². The van der Waals surface area contributed by atoms with E-state index < -0.39 is 76.7 Å². The van der Waals surface area contributed by atoms with Crippen LogP contribution in [0.4, 0.5) is 30.7 Å². The summed E-state index contributed by atoms with van der Waals surface area (Å²) in [5.74, 6) is -3.91. The number of carbonyl (C=O) groups is 2. The van der Waals surface area contributed by atoms with Gasteiger partial charge in [0.2, 0.25) is 11.5 Å². The molecule has 6 rings (SSSR count). The summed E-state index contributed by atoms with van der Waals surface area (Å²) in [5.41, 5.74) is -4.36. The quantitative estimate of drug-likeness (QED) is 0.215. The van der Waals surface area contributed by atoms with Gasteiger partial charge in [0.1, 0.15) is 40.5 Å². The molecule has 0 radical (unpaired) electrons. The van der Waals surface area contributed by atoms with Crippen molar-refractivity contribution in [3.63, 3.8) is 0 Å². The molecule has 0 spiro atoms. The number of nitrogens with zero attached hydrogens (tertiary/aromatic N) is 2. The number of aliphatic hydroxyl groups is 1. The number of pyridine rings is 2. The largest absolute Gasteiger partial charge is 0.489 e. The summed E-state index contributed by atoms with van der Waals surface area (Å²) >= 11 is 0. The van der Waals surface area contributed by atoms with Gasteiger partial charge in [-0.15, -0.1) is 0 Å². The molecule has 0 unspecified atom stereocenters. The molecule has 9 nitrogen and oxygen atoms in total. The van der Waals surface area contributed by atoms with Crippen LogP contribution in [0.1, 0.15) is 46.9 Å². The zero-order valence-corrected chi connectivity index (χ0v) is 24.8. The van der Waals surface area contributed by atoms with Gasteiger partial charge in [-0.05, 0) is 62.2 Å². The number of hydrogen-bond donors (Lipinski definition) is 3. The molecule has 2 aliphatic rings. The Morgan fingerprint density at radius 2 is 1.83 bits per heavy atom. The molecule has 0 bridgehead atoms. The SMILES string of the molecule is C[C@]1(C(N)=O)COc2c1cc([C@@](O)(CNC(=O)c1cc(OC3CC3)c3ncccc3c1)C(F)(F)F)nc2-c1ccc(F)c(C(F)(F)F)c1. The van der Waals surface area contributed by atoms with Gasteiger partial charge in [0.15, 0.2) is 0 Å². The van der Waals surface area contributed by atoms with Gasteiger partial charge in [-0.1, -0.05) is 6.07 Å². The molecule has 4 aromatic rings. The minimum atomic E-state index is -5.55. The molecule has 1 aliphatic heterocycles. The first-order chi connectivity index (χ1) is 22.4. The van der Waals surface area contributed by atoms with Crippen molar-refractivity contribution in [2.45, 2.75) is 49.2 Å². The van der Waals surface area contributed by atoms with Crippen molar-refractivity contribution in [3.05, 3.63) is 82.9 Å². The zero-order chi connectivity index (χ0) is 34.8. The fraction of sp³-hybridized carbons (Fsp3) is 0.312. The number of fused-ring (bicyclic) bond motifs is 2. The standard InChI is InChI=1S/C32H25F7N4O5/c1-29(28(40)45)14-47-26-20(29)12-23(43-25(26)16-4-7-21(33)19(10-16)31(34,35)36)30(46,32(37,38)39)13-42-27(44)17-9-15-3-2-8-41-24(15)22(11-17)48-18-5-6-18/h2-4,7-12,18,46H,5-6,13-14H2,1H3,(H2,40,45)(H,42,44)/t29-,30-/m0/s1. The van der Waals surface area contributed by atoms with Gasteiger partial charge >= 0.3 is 12.4 Å². The average Bonchev–Trinajstić information content (AvgIpc) is 3.78. The van der Waals surface area contributed by atoms with Gasteiger partial charge in [-0.2, -0.15) is 26.3 Å². The molecule has 252 valence electrons. The van der Waals surface area contributed by atoms with Crippen molar-refractivity contribution in [3.8, 4) is 22.8 Å². The molecule has 4 N–H and O–H groups in total. The van der Waals surface area contributed by atoms with E-state index in [-0.39, 0.29) is 28.7 Å². The number of nitrogens with one attached hydrogen (secondary N) is 1. The van der Waals surface area contributed by atoms with Crippen LogP contribution in [-0.2, 0) is 22.0 Å². The Hall–Kier alpha value is -4.99. The number of carbonyl (C=O) groups excluding carboxylic acids is 2. The Bertz CT molecular complexity index is 1960. The number of amides is 2. The van der Waals surface area contributed by atoms with Gasteiger partial charge in [-0.25, -0.2) is 9.37 Å². The number of alkyl halides is 6. The summed E-state index contributed by atoms with van der Waals surface area (Å²) in [5, 5.41) is 13.8. The molecule has 2 aromatic heterocycles. The van der Waals surface area contributed by atoms with Crippen molar-refractivity contribution >= 4 is 22.7 Å². The van der Waals surface area contributed by atoms with Crippen LogP contribution in [0.25, 0.3) is 22.2 Å². The Morgan fingerprint density at radius 1 is 1.10 bits per heavy atom. The first kappa shape index (κ1) is 32.9. The molecule has 16 heteroatoms. The summed E-state index contributed by atoms with van der Waals surface area (Å²) in [4.78, 5) is 33.8. The van der Waals surface area contributed by atoms with Crippen LogP contribution < -0.4 is 20.5 Å². The second-order valence-electron chi connectivity index (χ2n) is 11.8. The number of rotatable bonds is 8. The number of ether oxygens (including phenoxy) is 2. The molecule has 2 amide bonds.